The Balaban J connectivity index is 2.10. The van der Waals surface area contributed by atoms with Gasteiger partial charge in [0.15, 0.2) is 4.77 Å². The SMILES string of the molecule is CCc1ccsc1Cn1c(=S)[nH]c2cc(C)ccc21. The molecule has 0 unspecified atom stereocenters. The maximum absolute atomic E-state index is 5.46. The lowest BCUT2D eigenvalue weighted by Crippen LogP contribution is -1.99. The molecule has 1 N–H and O–H groups in total. The quantitative estimate of drug-likeness (QED) is 0.694. The molecule has 0 saturated carbocycles. The van der Waals surface area contributed by atoms with E-state index < -0.39 is 0 Å². The Labute approximate surface area is 121 Å². The van der Waals surface area contributed by atoms with Crippen LogP contribution in [0.15, 0.2) is 29.6 Å². The van der Waals surface area contributed by atoms with Crippen LogP contribution in [-0.2, 0) is 13.0 Å². The molecule has 0 aliphatic carbocycles. The summed E-state index contributed by atoms with van der Waals surface area (Å²) in [7, 11) is 0. The number of nitrogens with one attached hydrogen (secondary N) is 1. The van der Waals surface area contributed by atoms with Gasteiger partial charge in [-0.05, 0) is 60.3 Å². The highest BCUT2D eigenvalue weighted by Gasteiger charge is 2.08. The molecule has 0 atom stereocenters. The molecule has 98 valence electrons. The number of aromatic amines is 1. The van der Waals surface area contributed by atoms with E-state index >= 15 is 0 Å². The molecule has 0 aliphatic heterocycles. The van der Waals surface area contributed by atoms with Gasteiger partial charge >= 0.3 is 0 Å². The van der Waals surface area contributed by atoms with Gasteiger partial charge in [-0.3, -0.25) is 0 Å². The van der Waals surface area contributed by atoms with Gasteiger partial charge in [0.05, 0.1) is 17.6 Å². The first-order chi connectivity index (χ1) is 9.19. The summed E-state index contributed by atoms with van der Waals surface area (Å²) in [4.78, 5) is 4.70. The normalized spacial score (nSPS) is 11.3. The summed E-state index contributed by atoms with van der Waals surface area (Å²) in [5, 5.41) is 2.16. The van der Waals surface area contributed by atoms with Crippen molar-refractivity contribution in [2.75, 3.05) is 0 Å². The Morgan fingerprint density at radius 3 is 2.95 bits per heavy atom. The van der Waals surface area contributed by atoms with Crippen LogP contribution in [0.1, 0.15) is 22.9 Å². The first-order valence-corrected chi connectivity index (χ1v) is 7.72. The predicted octanol–water partition coefficient (Wildman–Crippen LogP) is 4.68. The fourth-order valence-corrected chi connectivity index (χ4v) is 3.64. The van der Waals surface area contributed by atoms with Crippen LogP contribution >= 0.6 is 23.6 Å². The molecule has 3 rings (SSSR count). The molecule has 0 fully saturated rings. The van der Waals surface area contributed by atoms with Crippen molar-refractivity contribution in [3.05, 3.63) is 50.4 Å². The summed E-state index contributed by atoms with van der Waals surface area (Å²) in [6.07, 6.45) is 1.08. The zero-order valence-electron chi connectivity index (χ0n) is 11.1. The van der Waals surface area contributed by atoms with Crippen LogP contribution in [0.25, 0.3) is 11.0 Å². The Kier molecular flexibility index (Phi) is 3.29. The zero-order chi connectivity index (χ0) is 13.4. The van der Waals surface area contributed by atoms with Crippen LogP contribution in [0, 0.1) is 11.7 Å². The van der Waals surface area contributed by atoms with Gasteiger partial charge in [0.1, 0.15) is 0 Å². The molecule has 0 aliphatic rings. The van der Waals surface area contributed by atoms with E-state index in [1.54, 1.807) is 0 Å². The summed E-state index contributed by atoms with van der Waals surface area (Å²) >= 11 is 7.27. The number of fused-ring (bicyclic) bond motifs is 1. The topological polar surface area (TPSA) is 20.7 Å². The third-order valence-electron chi connectivity index (χ3n) is 3.45. The number of benzene rings is 1. The van der Waals surface area contributed by atoms with Crippen LogP contribution in [0.5, 0.6) is 0 Å². The maximum atomic E-state index is 5.46. The van der Waals surface area contributed by atoms with Crippen LogP contribution in [0.4, 0.5) is 0 Å². The van der Waals surface area contributed by atoms with E-state index in [0.717, 1.165) is 23.3 Å². The van der Waals surface area contributed by atoms with Gasteiger partial charge in [0.25, 0.3) is 0 Å². The molecule has 0 spiro atoms. The number of thiophene rings is 1. The third kappa shape index (κ3) is 2.26. The maximum Gasteiger partial charge on any atom is 0.178 e. The highest BCUT2D eigenvalue weighted by molar-refractivity contribution is 7.71. The lowest BCUT2D eigenvalue weighted by atomic mass is 10.2. The van der Waals surface area contributed by atoms with Crippen molar-refractivity contribution in [3.63, 3.8) is 0 Å². The monoisotopic (exact) mass is 288 g/mol. The second-order valence-corrected chi connectivity index (χ2v) is 6.15. The number of nitrogens with zero attached hydrogens (tertiary/aromatic N) is 1. The molecule has 2 heterocycles. The lowest BCUT2D eigenvalue weighted by molar-refractivity contribution is 0.814. The zero-order valence-corrected chi connectivity index (χ0v) is 12.7. The Morgan fingerprint density at radius 2 is 2.16 bits per heavy atom. The third-order valence-corrected chi connectivity index (χ3v) is 4.72. The molecule has 0 radical (unpaired) electrons. The second kappa shape index (κ2) is 4.94. The van der Waals surface area contributed by atoms with Gasteiger partial charge in [-0.2, -0.15) is 0 Å². The highest BCUT2D eigenvalue weighted by atomic mass is 32.1. The second-order valence-electron chi connectivity index (χ2n) is 4.76. The van der Waals surface area contributed by atoms with Gasteiger partial charge in [-0.15, -0.1) is 11.3 Å². The largest absolute Gasteiger partial charge is 0.331 e. The summed E-state index contributed by atoms with van der Waals surface area (Å²) in [6.45, 7) is 5.16. The Morgan fingerprint density at radius 1 is 1.32 bits per heavy atom. The van der Waals surface area contributed by atoms with E-state index in [2.05, 4.69) is 53.0 Å². The van der Waals surface area contributed by atoms with E-state index in [9.17, 15) is 0 Å². The fraction of sp³-hybridized carbons (Fsp3) is 0.267. The minimum Gasteiger partial charge on any atom is -0.331 e. The van der Waals surface area contributed by atoms with Gasteiger partial charge < -0.3 is 9.55 Å². The molecular formula is C15H16N2S2. The van der Waals surface area contributed by atoms with Gasteiger partial charge in [-0.1, -0.05) is 13.0 Å². The molecule has 0 saturated heterocycles. The molecule has 19 heavy (non-hydrogen) atoms. The minimum absolute atomic E-state index is 0.802. The molecule has 0 bridgehead atoms. The lowest BCUT2D eigenvalue weighted by Gasteiger charge is -2.05. The molecule has 0 amide bonds. The summed E-state index contributed by atoms with van der Waals surface area (Å²) < 4.78 is 2.99. The summed E-state index contributed by atoms with van der Waals surface area (Å²) in [5.41, 5.74) is 4.99. The van der Waals surface area contributed by atoms with Crippen molar-refractivity contribution in [2.45, 2.75) is 26.8 Å². The van der Waals surface area contributed by atoms with Crippen LogP contribution < -0.4 is 0 Å². The number of aromatic nitrogens is 2. The average Bonchev–Trinajstić information content (AvgIpc) is 2.95. The van der Waals surface area contributed by atoms with Crippen molar-refractivity contribution >= 4 is 34.6 Å². The van der Waals surface area contributed by atoms with Crippen molar-refractivity contribution in [3.8, 4) is 0 Å². The summed E-state index contributed by atoms with van der Waals surface area (Å²) in [5.74, 6) is 0. The molecular weight excluding hydrogens is 272 g/mol. The van der Waals surface area contributed by atoms with Crippen LogP contribution in [0.3, 0.4) is 0 Å². The predicted molar refractivity (Wildman–Crippen MR) is 84.7 cm³/mol. The van der Waals surface area contributed by atoms with E-state index in [0.29, 0.717) is 0 Å². The van der Waals surface area contributed by atoms with Gasteiger partial charge in [-0.25, -0.2) is 0 Å². The van der Waals surface area contributed by atoms with E-state index in [1.807, 2.05) is 11.3 Å². The van der Waals surface area contributed by atoms with Crippen molar-refractivity contribution < 1.29 is 0 Å². The number of hydrogen-bond donors (Lipinski definition) is 1. The van der Waals surface area contributed by atoms with E-state index in [4.69, 9.17) is 12.2 Å². The fourth-order valence-electron chi connectivity index (χ4n) is 2.40. The number of hydrogen-bond acceptors (Lipinski definition) is 2. The smallest absolute Gasteiger partial charge is 0.178 e. The standard InChI is InChI=1S/C15H16N2S2/c1-3-11-6-7-19-14(11)9-17-13-5-4-10(2)8-12(13)16-15(17)18/h4-8H,3,9H2,1-2H3,(H,16,18). The number of rotatable bonds is 3. The first-order valence-electron chi connectivity index (χ1n) is 6.43. The van der Waals surface area contributed by atoms with Crippen molar-refractivity contribution in [1.82, 2.24) is 9.55 Å². The van der Waals surface area contributed by atoms with E-state index in [1.165, 1.54) is 21.5 Å². The first kappa shape index (κ1) is 12.6. The average molecular weight is 288 g/mol. The number of aryl methyl sites for hydroxylation is 2. The van der Waals surface area contributed by atoms with E-state index in [-0.39, 0.29) is 0 Å². The molecule has 2 nitrogen and oxygen atoms in total. The molecule has 4 heteroatoms. The highest BCUT2D eigenvalue weighted by Crippen LogP contribution is 2.22. The van der Waals surface area contributed by atoms with Crippen molar-refractivity contribution in [2.24, 2.45) is 0 Å². The number of H-pyrrole nitrogens is 1. The number of imidazole rings is 1. The van der Waals surface area contributed by atoms with Crippen LogP contribution in [-0.4, -0.2) is 9.55 Å². The summed E-state index contributed by atoms with van der Waals surface area (Å²) in [6, 6.07) is 8.65. The molecule has 2 aromatic heterocycles. The van der Waals surface area contributed by atoms with Crippen molar-refractivity contribution in [1.29, 1.82) is 0 Å². The Bertz CT molecular complexity index is 777. The van der Waals surface area contributed by atoms with Crippen LogP contribution in [0.2, 0.25) is 0 Å². The Hall–Kier alpha value is -1.39. The van der Waals surface area contributed by atoms with Gasteiger partial charge in [0, 0.05) is 4.88 Å². The molecule has 1 aromatic carbocycles. The minimum atomic E-state index is 0.802. The molecule has 3 aromatic rings. The van der Waals surface area contributed by atoms with Gasteiger partial charge in [0.2, 0.25) is 0 Å².